The van der Waals surface area contributed by atoms with Crippen molar-refractivity contribution in [2.45, 2.75) is 31.7 Å². The van der Waals surface area contributed by atoms with Crippen molar-refractivity contribution in [3.8, 4) is 0 Å². The number of nitrogens with one attached hydrogen (secondary N) is 1. The molecule has 0 aromatic carbocycles. The van der Waals surface area contributed by atoms with Crippen LogP contribution in [0.1, 0.15) is 25.7 Å². The number of piperidine rings is 1. The summed E-state index contributed by atoms with van der Waals surface area (Å²) in [7, 11) is 0. The molecule has 0 saturated carbocycles. The SMILES string of the molecule is C=CNC(C=O)CC(=C)N1CCCCC1. The van der Waals surface area contributed by atoms with E-state index in [0.717, 1.165) is 25.1 Å². The van der Waals surface area contributed by atoms with Gasteiger partial charge in [0, 0.05) is 25.2 Å². The second-order valence-corrected chi connectivity index (χ2v) is 3.93. The van der Waals surface area contributed by atoms with Crippen molar-refractivity contribution in [1.29, 1.82) is 0 Å². The average molecular weight is 208 g/mol. The van der Waals surface area contributed by atoms with Gasteiger partial charge >= 0.3 is 0 Å². The van der Waals surface area contributed by atoms with Crippen molar-refractivity contribution in [2.75, 3.05) is 13.1 Å². The Morgan fingerprint density at radius 2 is 2.07 bits per heavy atom. The number of likely N-dealkylation sites (tertiary alicyclic amines) is 1. The highest BCUT2D eigenvalue weighted by atomic mass is 16.1. The van der Waals surface area contributed by atoms with Gasteiger partial charge in [0.15, 0.2) is 0 Å². The van der Waals surface area contributed by atoms with Crippen molar-refractivity contribution in [3.05, 3.63) is 25.1 Å². The zero-order valence-electron chi connectivity index (χ0n) is 9.24. The minimum absolute atomic E-state index is 0.183. The van der Waals surface area contributed by atoms with Crippen LogP contribution in [0.15, 0.2) is 25.1 Å². The number of hydrogen-bond donors (Lipinski definition) is 1. The lowest BCUT2D eigenvalue weighted by molar-refractivity contribution is -0.109. The lowest BCUT2D eigenvalue weighted by atomic mass is 10.1. The molecule has 0 radical (unpaired) electrons. The fourth-order valence-corrected chi connectivity index (χ4v) is 1.89. The molecule has 1 rings (SSSR count). The highest BCUT2D eigenvalue weighted by Crippen LogP contribution is 2.16. The summed E-state index contributed by atoms with van der Waals surface area (Å²) in [5, 5.41) is 2.91. The number of hydrogen-bond acceptors (Lipinski definition) is 3. The van der Waals surface area contributed by atoms with Crippen LogP contribution in [0.25, 0.3) is 0 Å². The molecule has 1 aliphatic heterocycles. The summed E-state index contributed by atoms with van der Waals surface area (Å²) in [6, 6.07) is -0.183. The minimum Gasteiger partial charge on any atom is -0.382 e. The fourth-order valence-electron chi connectivity index (χ4n) is 1.89. The zero-order valence-corrected chi connectivity index (χ0v) is 9.24. The van der Waals surface area contributed by atoms with Crippen LogP contribution in [-0.4, -0.2) is 30.3 Å². The van der Waals surface area contributed by atoms with E-state index in [2.05, 4.69) is 23.4 Å². The summed E-state index contributed by atoms with van der Waals surface area (Å²) in [4.78, 5) is 13.0. The Kier molecular flexibility index (Phi) is 4.95. The van der Waals surface area contributed by atoms with Gasteiger partial charge in [-0.15, -0.1) is 0 Å². The Morgan fingerprint density at radius 1 is 1.40 bits per heavy atom. The third-order valence-corrected chi connectivity index (χ3v) is 2.76. The molecule has 1 fully saturated rings. The Morgan fingerprint density at radius 3 is 2.60 bits per heavy atom. The van der Waals surface area contributed by atoms with Gasteiger partial charge in [-0.05, 0) is 25.5 Å². The molecule has 3 heteroatoms. The van der Waals surface area contributed by atoms with Crippen LogP contribution < -0.4 is 5.32 Å². The maximum atomic E-state index is 10.7. The van der Waals surface area contributed by atoms with E-state index in [4.69, 9.17) is 0 Å². The van der Waals surface area contributed by atoms with Crippen molar-refractivity contribution in [2.24, 2.45) is 0 Å². The van der Waals surface area contributed by atoms with Crippen LogP contribution in [0.5, 0.6) is 0 Å². The summed E-state index contributed by atoms with van der Waals surface area (Å²) in [6.45, 7) is 9.76. The van der Waals surface area contributed by atoms with E-state index in [0.29, 0.717) is 6.42 Å². The van der Waals surface area contributed by atoms with Gasteiger partial charge < -0.3 is 15.0 Å². The van der Waals surface area contributed by atoms with Gasteiger partial charge in [0.2, 0.25) is 0 Å². The molecular weight excluding hydrogens is 188 g/mol. The zero-order chi connectivity index (χ0) is 11.1. The van der Waals surface area contributed by atoms with Gasteiger partial charge in [-0.25, -0.2) is 0 Å². The second-order valence-electron chi connectivity index (χ2n) is 3.93. The molecule has 1 aliphatic rings. The van der Waals surface area contributed by atoms with E-state index >= 15 is 0 Å². The van der Waals surface area contributed by atoms with E-state index in [1.807, 2.05) is 0 Å². The molecule has 1 unspecified atom stereocenters. The summed E-state index contributed by atoms with van der Waals surface area (Å²) >= 11 is 0. The van der Waals surface area contributed by atoms with E-state index in [9.17, 15) is 4.79 Å². The smallest absolute Gasteiger partial charge is 0.142 e. The molecule has 15 heavy (non-hydrogen) atoms. The van der Waals surface area contributed by atoms with Crippen LogP contribution in [0.2, 0.25) is 0 Å². The molecule has 0 amide bonds. The molecule has 3 nitrogen and oxygen atoms in total. The first-order chi connectivity index (χ1) is 7.27. The predicted molar refractivity (Wildman–Crippen MR) is 62.4 cm³/mol. The summed E-state index contributed by atoms with van der Waals surface area (Å²) in [5.41, 5.74) is 1.06. The topological polar surface area (TPSA) is 32.3 Å². The first kappa shape index (κ1) is 11.8. The standard InChI is InChI=1S/C12H20N2O/c1-3-13-12(10-15)9-11(2)14-7-5-4-6-8-14/h3,10,12-13H,1-2,4-9H2. The minimum atomic E-state index is -0.183. The summed E-state index contributed by atoms with van der Waals surface area (Å²) in [5.74, 6) is 0. The molecule has 0 bridgehead atoms. The highest BCUT2D eigenvalue weighted by molar-refractivity contribution is 5.58. The molecule has 1 saturated heterocycles. The molecule has 0 aromatic rings. The third-order valence-electron chi connectivity index (χ3n) is 2.76. The summed E-state index contributed by atoms with van der Waals surface area (Å²) < 4.78 is 0. The normalized spacial score (nSPS) is 18.0. The fraction of sp³-hybridized carbons (Fsp3) is 0.583. The molecule has 1 atom stereocenters. The maximum absolute atomic E-state index is 10.7. The number of aldehydes is 1. The third kappa shape index (κ3) is 3.78. The van der Waals surface area contributed by atoms with Gasteiger partial charge in [0.25, 0.3) is 0 Å². The Hall–Kier alpha value is -1.25. The molecule has 1 heterocycles. The van der Waals surface area contributed by atoms with Gasteiger partial charge in [-0.1, -0.05) is 13.2 Å². The van der Waals surface area contributed by atoms with Gasteiger partial charge in [0.1, 0.15) is 6.29 Å². The van der Waals surface area contributed by atoms with Gasteiger partial charge in [0.05, 0.1) is 6.04 Å². The number of nitrogens with zero attached hydrogens (tertiary/aromatic N) is 1. The van der Waals surface area contributed by atoms with Crippen molar-refractivity contribution >= 4 is 6.29 Å². The summed E-state index contributed by atoms with van der Waals surface area (Å²) in [6.07, 6.45) is 6.93. The number of carbonyl (C=O) groups is 1. The van der Waals surface area contributed by atoms with Crippen molar-refractivity contribution in [3.63, 3.8) is 0 Å². The van der Waals surface area contributed by atoms with Crippen LogP contribution in [-0.2, 0) is 4.79 Å². The molecule has 84 valence electrons. The van der Waals surface area contributed by atoms with Crippen LogP contribution >= 0.6 is 0 Å². The monoisotopic (exact) mass is 208 g/mol. The van der Waals surface area contributed by atoms with Crippen molar-refractivity contribution < 1.29 is 4.79 Å². The van der Waals surface area contributed by atoms with E-state index < -0.39 is 0 Å². The lowest BCUT2D eigenvalue weighted by Gasteiger charge is -2.31. The van der Waals surface area contributed by atoms with Gasteiger partial charge in [-0.2, -0.15) is 0 Å². The quantitative estimate of drug-likeness (QED) is 0.674. The van der Waals surface area contributed by atoms with E-state index in [1.165, 1.54) is 19.3 Å². The Balaban J connectivity index is 2.38. The Labute approximate surface area is 91.8 Å². The number of rotatable bonds is 6. The van der Waals surface area contributed by atoms with E-state index in [-0.39, 0.29) is 6.04 Å². The number of carbonyl (C=O) groups excluding carboxylic acids is 1. The largest absolute Gasteiger partial charge is 0.382 e. The predicted octanol–water partition coefficient (Wildman–Crippen LogP) is 1.68. The van der Waals surface area contributed by atoms with E-state index in [1.54, 1.807) is 6.20 Å². The maximum Gasteiger partial charge on any atom is 0.142 e. The molecule has 0 aliphatic carbocycles. The van der Waals surface area contributed by atoms with Gasteiger partial charge in [-0.3, -0.25) is 0 Å². The highest BCUT2D eigenvalue weighted by Gasteiger charge is 2.14. The average Bonchev–Trinajstić information content (AvgIpc) is 2.29. The molecule has 0 spiro atoms. The molecule has 1 N–H and O–H groups in total. The molecular formula is C12H20N2O. The first-order valence-corrected chi connectivity index (χ1v) is 5.53. The van der Waals surface area contributed by atoms with Crippen LogP contribution in [0.3, 0.4) is 0 Å². The van der Waals surface area contributed by atoms with Crippen LogP contribution in [0.4, 0.5) is 0 Å². The lowest BCUT2D eigenvalue weighted by Crippen LogP contribution is -2.33. The Bertz CT molecular complexity index is 232. The van der Waals surface area contributed by atoms with Crippen LogP contribution in [0, 0.1) is 0 Å². The van der Waals surface area contributed by atoms with Crippen molar-refractivity contribution in [1.82, 2.24) is 10.2 Å². The second kappa shape index (κ2) is 6.27. The first-order valence-electron chi connectivity index (χ1n) is 5.53. The molecule has 0 aromatic heterocycles.